The van der Waals surface area contributed by atoms with E-state index in [1.165, 1.54) is 19.3 Å². The monoisotopic (exact) mass is 328 g/mol. The fourth-order valence-corrected chi connectivity index (χ4v) is 4.31. The third kappa shape index (κ3) is 5.63. The largest absolute Gasteiger partial charge is 0.337 e. The van der Waals surface area contributed by atoms with Crippen LogP contribution in [0.25, 0.3) is 0 Å². The first-order valence-corrected chi connectivity index (χ1v) is 9.83. The van der Waals surface area contributed by atoms with E-state index in [4.69, 9.17) is 0 Å². The van der Waals surface area contributed by atoms with Gasteiger partial charge in [-0.05, 0) is 65.5 Å². The van der Waals surface area contributed by atoms with Crippen LogP contribution in [-0.4, -0.2) is 79.7 Å². The van der Waals surface area contributed by atoms with E-state index in [-0.39, 0.29) is 6.03 Å². The van der Waals surface area contributed by atoms with Crippen molar-refractivity contribution in [2.75, 3.05) is 46.5 Å². The second kappa shape index (κ2) is 8.99. The first-order chi connectivity index (χ1) is 10.6. The number of nitrogens with one attached hydrogen (secondary N) is 2. The van der Waals surface area contributed by atoms with Gasteiger partial charge >= 0.3 is 6.03 Å². The first kappa shape index (κ1) is 17.9. The molecule has 0 unspecified atom stereocenters. The normalized spacial score (nSPS) is 27.3. The third-order valence-electron chi connectivity index (χ3n) is 5.05. The lowest BCUT2D eigenvalue weighted by atomic mass is 10.0. The van der Waals surface area contributed by atoms with Crippen LogP contribution in [0.4, 0.5) is 4.79 Å². The highest BCUT2D eigenvalue weighted by Gasteiger charge is 2.25. The summed E-state index contributed by atoms with van der Waals surface area (Å²) in [4.78, 5) is 16.7. The fraction of sp³-hybridized carbons (Fsp3) is 0.938. The fourth-order valence-electron chi connectivity index (χ4n) is 3.51. The molecule has 5 nitrogen and oxygen atoms in total. The standard InChI is InChI=1S/C16H32N4OS/c1-19(2)14-6-9-20(10-7-14)11-8-17-16(21)18-13-4-5-15(12-13)22-3/h13-15H,4-12H2,1-3H3,(H2,17,18,21)/t13-,15+/m1/s1. The number of piperidine rings is 1. The van der Waals surface area contributed by atoms with Crippen molar-refractivity contribution >= 4 is 17.8 Å². The second-order valence-corrected chi connectivity index (χ2v) is 7.94. The molecule has 2 aliphatic rings. The number of hydrogen-bond acceptors (Lipinski definition) is 4. The molecule has 6 heteroatoms. The zero-order valence-electron chi connectivity index (χ0n) is 14.3. The predicted octanol–water partition coefficient (Wildman–Crippen LogP) is 1.60. The van der Waals surface area contributed by atoms with Gasteiger partial charge in [0, 0.05) is 30.4 Å². The van der Waals surface area contributed by atoms with Gasteiger partial charge in [0.1, 0.15) is 0 Å². The Bertz CT molecular complexity index is 345. The molecule has 1 aliphatic carbocycles. The number of urea groups is 1. The van der Waals surface area contributed by atoms with Gasteiger partial charge in [0.05, 0.1) is 0 Å². The molecule has 1 saturated heterocycles. The number of nitrogens with zero attached hydrogens (tertiary/aromatic N) is 2. The van der Waals surface area contributed by atoms with Crippen LogP contribution in [0.5, 0.6) is 0 Å². The molecule has 1 aliphatic heterocycles. The molecular weight excluding hydrogens is 296 g/mol. The zero-order valence-corrected chi connectivity index (χ0v) is 15.1. The van der Waals surface area contributed by atoms with Crippen LogP contribution in [0.1, 0.15) is 32.1 Å². The Morgan fingerprint density at radius 1 is 1.23 bits per heavy atom. The number of thioether (sulfide) groups is 1. The lowest BCUT2D eigenvalue weighted by Crippen LogP contribution is -2.46. The Labute approximate surface area is 139 Å². The van der Waals surface area contributed by atoms with E-state index in [0.29, 0.717) is 6.04 Å². The summed E-state index contributed by atoms with van der Waals surface area (Å²) in [7, 11) is 4.33. The topological polar surface area (TPSA) is 47.6 Å². The highest BCUT2D eigenvalue weighted by Crippen LogP contribution is 2.27. The quantitative estimate of drug-likeness (QED) is 0.777. The molecule has 2 fully saturated rings. The van der Waals surface area contributed by atoms with Crippen molar-refractivity contribution in [2.45, 2.75) is 49.4 Å². The van der Waals surface area contributed by atoms with Crippen molar-refractivity contribution < 1.29 is 4.79 Å². The van der Waals surface area contributed by atoms with Crippen molar-refractivity contribution in [2.24, 2.45) is 0 Å². The van der Waals surface area contributed by atoms with Gasteiger partial charge in [-0.2, -0.15) is 11.8 Å². The summed E-state index contributed by atoms with van der Waals surface area (Å²) in [5.74, 6) is 0. The summed E-state index contributed by atoms with van der Waals surface area (Å²) in [5, 5.41) is 6.85. The van der Waals surface area contributed by atoms with Crippen LogP contribution in [-0.2, 0) is 0 Å². The van der Waals surface area contributed by atoms with Gasteiger partial charge in [-0.25, -0.2) is 4.79 Å². The average molecular weight is 329 g/mol. The number of hydrogen-bond donors (Lipinski definition) is 2. The number of rotatable bonds is 6. The van der Waals surface area contributed by atoms with E-state index in [0.717, 1.165) is 50.3 Å². The van der Waals surface area contributed by atoms with Gasteiger partial charge in [0.15, 0.2) is 0 Å². The van der Waals surface area contributed by atoms with E-state index in [9.17, 15) is 4.79 Å². The van der Waals surface area contributed by atoms with Gasteiger partial charge < -0.3 is 20.4 Å². The highest BCUT2D eigenvalue weighted by atomic mass is 32.2. The molecule has 0 radical (unpaired) electrons. The van der Waals surface area contributed by atoms with Gasteiger partial charge in [-0.3, -0.25) is 0 Å². The summed E-state index contributed by atoms with van der Waals surface area (Å²) in [5.41, 5.74) is 0. The average Bonchev–Trinajstić information content (AvgIpc) is 2.95. The molecule has 2 N–H and O–H groups in total. The second-order valence-electron chi connectivity index (χ2n) is 6.80. The Morgan fingerprint density at radius 2 is 1.95 bits per heavy atom. The van der Waals surface area contributed by atoms with E-state index in [1.54, 1.807) is 0 Å². The van der Waals surface area contributed by atoms with Crippen molar-refractivity contribution in [3.05, 3.63) is 0 Å². The van der Waals surface area contributed by atoms with Crippen LogP contribution < -0.4 is 10.6 Å². The van der Waals surface area contributed by atoms with Gasteiger partial charge in [-0.1, -0.05) is 0 Å². The summed E-state index contributed by atoms with van der Waals surface area (Å²) in [6.45, 7) is 4.00. The van der Waals surface area contributed by atoms with Crippen LogP contribution in [0.3, 0.4) is 0 Å². The Kier molecular flexibility index (Phi) is 7.31. The number of amides is 2. The van der Waals surface area contributed by atoms with Crippen molar-refractivity contribution in [3.63, 3.8) is 0 Å². The van der Waals surface area contributed by atoms with Gasteiger partial charge in [0.2, 0.25) is 0 Å². The number of likely N-dealkylation sites (tertiary alicyclic amines) is 1. The molecule has 2 amide bonds. The minimum atomic E-state index is 0.00919. The molecule has 0 aromatic heterocycles. The van der Waals surface area contributed by atoms with Crippen LogP contribution in [0.15, 0.2) is 0 Å². The molecule has 1 heterocycles. The predicted molar refractivity (Wildman–Crippen MR) is 94.6 cm³/mol. The smallest absolute Gasteiger partial charge is 0.315 e. The Morgan fingerprint density at radius 3 is 2.55 bits per heavy atom. The molecule has 128 valence electrons. The van der Waals surface area contributed by atoms with Crippen LogP contribution in [0, 0.1) is 0 Å². The van der Waals surface area contributed by atoms with E-state index in [2.05, 4.69) is 40.8 Å². The summed E-state index contributed by atoms with van der Waals surface area (Å²) >= 11 is 1.92. The summed E-state index contributed by atoms with van der Waals surface area (Å²) in [6, 6.07) is 1.10. The zero-order chi connectivity index (χ0) is 15.9. The lowest BCUT2D eigenvalue weighted by molar-refractivity contribution is 0.145. The highest BCUT2D eigenvalue weighted by molar-refractivity contribution is 7.99. The molecule has 2 atom stereocenters. The van der Waals surface area contributed by atoms with E-state index >= 15 is 0 Å². The van der Waals surface area contributed by atoms with E-state index in [1.807, 2.05) is 11.8 Å². The Balaban J connectivity index is 1.54. The SMILES string of the molecule is CS[C@H]1CC[C@@H](NC(=O)NCCN2CCC(N(C)C)CC2)C1. The molecule has 22 heavy (non-hydrogen) atoms. The molecular formula is C16H32N4OS. The van der Waals surface area contributed by atoms with Crippen molar-refractivity contribution in [1.29, 1.82) is 0 Å². The minimum Gasteiger partial charge on any atom is -0.337 e. The molecule has 0 aromatic rings. The number of carbonyl (C=O) groups is 1. The van der Waals surface area contributed by atoms with Crippen molar-refractivity contribution in [3.8, 4) is 0 Å². The summed E-state index contributed by atoms with van der Waals surface area (Å²) in [6.07, 6.45) is 8.10. The van der Waals surface area contributed by atoms with E-state index < -0.39 is 0 Å². The maximum absolute atomic E-state index is 11.9. The maximum Gasteiger partial charge on any atom is 0.315 e. The molecule has 0 spiro atoms. The first-order valence-electron chi connectivity index (χ1n) is 8.54. The number of carbonyl (C=O) groups excluding carboxylic acids is 1. The van der Waals surface area contributed by atoms with Crippen LogP contribution >= 0.6 is 11.8 Å². The molecule has 0 bridgehead atoms. The van der Waals surface area contributed by atoms with Gasteiger partial charge in [0.25, 0.3) is 0 Å². The Hall–Kier alpha value is -0.460. The van der Waals surface area contributed by atoms with Crippen molar-refractivity contribution in [1.82, 2.24) is 20.4 Å². The lowest BCUT2D eigenvalue weighted by Gasteiger charge is -2.35. The molecule has 2 rings (SSSR count). The summed E-state index contributed by atoms with van der Waals surface area (Å²) < 4.78 is 0. The van der Waals surface area contributed by atoms with Gasteiger partial charge in [-0.15, -0.1) is 0 Å². The van der Waals surface area contributed by atoms with Crippen LogP contribution in [0.2, 0.25) is 0 Å². The maximum atomic E-state index is 11.9. The third-order valence-corrected chi connectivity index (χ3v) is 6.15. The molecule has 0 aromatic carbocycles. The molecule has 1 saturated carbocycles. The minimum absolute atomic E-state index is 0.00919.